The molecule has 2 aliphatic rings. The van der Waals surface area contributed by atoms with E-state index in [1.807, 2.05) is 0 Å². The number of hydrogen-bond donors (Lipinski definition) is 2. The highest BCUT2D eigenvalue weighted by molar-refractivity contribution is 5.79. The number of hydrogen-bond acceptors (Lipinski definition) is 4. The van der Waals surface area contributed by atoms with E-state index in [4.69, 9.17) is 4.74 Å². The lowest BCUT2D eigenvalue weighted by Gasteiger charge is -2.16. The van der Waals surface area contributed by atoms with Gasteiger partial charge >= 0.3 is 5.97 Å². The van der Waals surface area contributed by atoms with Gasteiger partial charge in [-0.3, -0.25) is 4.79 Å². The fraction of sp³-hybridized carbons (Fsp3) is 0.667. The van der Waals surface area contributed by atoms with E-state index >= 15 is 0 Å². The van der Waals surface area contributed by atoms with Crippen molar-refractivity contribution in [2.45, 2.75) is 64.4 Å². The molecule has 1 saturated heterocycles. The molecule has 0 amide bonds. The van der Waals surface area contributed by atoms with Gasteiger partial charge in [-0.2, -0.15) is 0 Å². The highest BCUT2D eigenvalue weighted by Gasteiger charge is 2.49. The summed E-state index contributed by atoms with van der Waals surface area (Å²) in [5.41, 5.74) is 2.47. The summed E-state index contributed by atoms with van der Waals surface area (Å²) in [7, 11) is 0. The SMILES string of the molecule is CC(C)c1ccccc1NCCNCCC1CC2(CCCC2)C(=O)O1. The van der Waals surface area contributed by atoms with Crippen molar-refractivity contribution in [3.05, 3.63) is 29.8 Å². The standard InChI is InChI=1S/C21H32N2O2/c1-16(2)18-7-3-4-8-19(18)23-14-13-22-12-9-17-15-21(20(24)25-17)10-5-6-11-21/h3-4,7-8,16-17,22-23H,5-6,9-15H2,1-2H3. The van der Waals surface area contributed by atoms with Crippen molar-refractivity contribution >= 4 is 11.7 Å². The van der Waals surface area contributed by atoms with E-state index in [9.17, 15) is 4.79 Å². The zero-order valence-corrected chi connectivity index (χ0v) is 15.6. The minimum Gasteiger partial charge on any atom is -0.462 e. The van der Waals surface area contributed by atoms with Crippen LogP contribution in [0.1, 0.15) is 63.9 Å². The van der Waals surface area contributed by atoms with Gasteiger partial charge in [-0.25, -0.2) is 0 Å². The first kappa shape index (κ1) is 18.2. The number of para-hydroxylation sites is 1. The van der Waals surface area contributed by atoms with Crippen molar-refractivity contribution < 1.29 is 9.53 Å². The van der Waals surface area contributed by atoms with Crippen LogP contribution in [-0.4, -0.2) is 31.7 Å². The van der Waals surface area contributed by atoms with E-state index in [2.05, 4.69) is 48.7 Å². The maximum Gasteiger partial charge on any atom is 0.312 e. The van der Waals surface area contributed by atoms with Gasteiger partial charge in [0.2, 0.25) is 0 Å². The molecule has 1 heterocycles. The van der Waals surface area contributed by atoms with Crippen LogP contribution in [0.15, 0.2) is 24.3 Å². The summed E-state index contributed by atoms with van der Waals surface area (Å²) in [5.74, 6) is 0.596. The largest absolute Gasteiger partial charge is 0.462 e. The summed E-state index contributed by atoms with van der Waals surface area (Å²) in [6.45, 7) is 7.16. The first-order valence-electron chi connectivity index (χ1n) is 9.85. The molecule has 3 rings (SSSR count). The van der Waals surface area contributed by atoms with E-state index in [1.165, 1.54) is 24.1 Å². The van der Waals surface area contributed by atoms with E-state index in [0.29, 0.717) is 5.92 Å². The molecule has 0 bridgehead atoms. The molecule has 1 aliphatic heterocycles. The molecule has 4 nitrogen and oxygen atoms in total. The third-order valence-corrected chi connectivity index (χ3v) is 5.73. The van der Waals surface area contributed by atoms with E-state index < -0.39 is 0 Å². The molecule has 25 heavy (non-hydrogen) atoms. The minimum absolute atomic E-state index is 0.0713. The zero-order valence-electron chi connectivity index (χ0n) is 15.6. The van der Waals surface area contributed by atoms with Gasteiger partial charge < -0.3 is 15.4 Å². The molecule has 138 valence electrons. The van der Waals surface area contributed by atoms with Gasteiger partial charge in [-0.15, -0.1) is 0 Å². The Morgan fingerprint density at radius 2 is 1.92 bits per heavy atom. The quantitative estimate of drug-likeness (QED) is 0.551. The van der Waals surface area contributed by atoms with Gasteiger partial charge in [0.05, 0.1) is 5.41 Å². The van der Waals surface area contributed by atoms with Gasteiger partial charge in [0.25, 0.3) is 0 Å². The van der Waals surface area contributed by atoms with Crippen molar-refractivity contribution in [3.63, 3.8) is 0 Å². The van der Waals surface area contributed by atoms with Gasteiger partial charge in [0, 0.05) is 25.2 Å². The van der Waals surface area contributed by atoms with Crippen LogP contribution in [0.2, 0.25) is 0 Å². The van der Waals surface area contributed by atoms with Crippen LogP contribution < -0.4 is 10.6 Å². The predicted octanol–water partition coefficient (Wildman–Crippen LogP) is 4.08. The van der Waals surface area contributed by atoms with Gasteiger partial charge in [0.15, 0.2) is 0 Å². The number of nitrogens with one attached hydrogen (secondary N) is 2. The molecule has 0 aromatic heterocycles. The first-order valence-corrected chi connectivity index (χ1v) is 9.85. The average molecular weight is 344 g/mol. The Hall–Kier alpha value is -1.55. The number of carbonyl (C=O) groups excluding carboxylic acids is 1. The Morgan fingerprint density at radius 1 is 1.16 bits per heavy atom. The maximum atomic E-state index is 12.1. The number of esters is 1. The summed E-state index contributed by atoms with van der Waals surface area (Å²) in [5, 5.41) is 6.99. The molecule has 0 radical (unpaired) electrons. The maximum absolute atomic E-state index is 12.1. The third kappa shape index (κ3) is 4.35. The second kappa shape index (κ2) is 8.22. The van der Waals surface area contributed by atoms with Crippen LogP contribution in [0, 0.1) is 5.41 Å². The van der Waals surface area contributed by atoms with Gasteiger partial charge in [-0.1, -0.05) is 44.9 Å². The highest BCUT2D eigenvalue weighted by Crippen LogP contribution is 2.48. The second-order valence-corrected chi connectivity index (χ2v) is 7.93. The Labute approximate surface area is 151 Å². The van der Waals surface area contributed by atoms with Crippen molar-refractivity contribution in [1.29, 1.82) is 0 Å². The molecule has 1 unspecified atom stereocenters. The average Bonchev–Trinajstić information content (AvgIpc) is 3.19. The van der Waals surface area contributed by atoms with Crippen LogP contribution in [0.5, 0.6) is 0 Å². The number of benzene rings is 1. The van der Waals surface area contributed by atoms with Gasteiger partial charge in [-0.05, 0) is 43.4 Å². The monoisotopic (exact) mass is 344 g/mol. The minimum atomic E-state index is -0.118. The van der Waals surface area contributed by atoms with Crippen LogP contribution in [0.3, 0.4) is 0 Å². The fourth-order valence-electron chi connectivity index (χ4n) is 4.29. The van der Waals surface area contributed by atoms with Crippen molar-refractivity contribution in [2.24, 2.45) is 5.41 Å². The molecule has 2 N–H and O–H groups in total. The predicted molar refractivity (Wildman–Crippen MR) is 102 cm³/mol. The topological polar surface area (TPSA) is 50.4 Å². The first-order chi connectivity index (χ1) is 12.1. The molecule has 2 fully saturated rings. The lowest BCUT2D eigenvalue weighted by atomic mass is 9.83. The lowest BCUT2D eigenvalue weighted by molar-refractivity contribution is -0.148. The summed E-state index contributed by atoms with van der Waals surface area (Å²) in [6, 6.07) is 8.51. The number of rotatable bonds is 8. The van der Waals surface area contributed by atoms with Crippen molar-refractivity contribution in [1.82, 2.24) is 5.32 Å². The summed E-state index contributed by atoms with van der Waals surface area (Å²) in [6.07, 6.45) is 6.42. The Balaban J connectivity index is 1.33. The molecular weight excluding hydrogens is 312 g/mol. The van der Waals surface area contributed by atoms with Crippen LogP contribution in [-0.2, 0) is 9.53 Å². The molecule has 1 saturated carbocycles. The normalized spacial score (nSPS) is 21.9. The summed E-state index contributed by atoms with van der Waals surface area (Å²) < 4.78 is 5.62. The number of ether oxygens (including phenoxy) is 1. The number of carbonyl (C=O) groups is 1. The molecule has 1 aromatic rings. The highest BCUT2D eigenvalue weighted by atomic mass is 16.6. The summed E-state index contributed by atoms with van der Waals surface area (Å²) >= 11 is 0. The fourth-order valence-corrected chi connectivity index (χ4v) is 4.29. The molecule has 1 aliphatic carbocycles. The van der Waals surface area contributed by atoms with E-state index in [0.717, 1.165) is 45.3 Å². The number of anilines is 1. The smallest absolute Gasteiger partial charge is 0.312 e. The van der Waals surface area contributed by atoms with Crippen molar-refractivity contribution in [2.75, 3.05) is 25.0 Å². The van der Waals surface area contributed by atoms with Gasteiger partial charge in [0.1, 0.15) is 6.10 Å². The van der Waals surface area contributed by atoms with Crippen LogP contribution in [0.25, 0.3) is 0 Å². The number of cyclic esters (lactones) is 1. The van der Waals surface area contributed by atoms with Crippen LogP contribution >= 0.6 is 0 Å². The summed E-state index contributed by atoms with van der Waals surface area (Å²) in [4.78, 5) is 12.1. The van der Waals surface area contributed by atoms with E-state index in [1.54, 1.807) is 0 Å². The molecule has 1 aromatic carbocycles. The Morgan fingerprint density at radius 3 is 2.68 bits per heavy atom. The molecule has 1 spiro atoms. The third-order valence-electron chi connectivity index (χ3n) is 5.73. The van der Waals surface area contributed by atoms with Crippen LogP contribution in [0.4, 0.5) is 5.69 Å². The lowest BCUT2D eigenvalue weighted by Crippen LogP contribution is -2.26. The molecule has 1 atom stereocenters. The Kier molecular flexibility index (Phi) is 6.00. The second-order valence-electron chi connectivity index (χ2n) is 7.93. The van der Waals surface area contributed by atoms with E-state index in [-0.39, 0.29) is 17.5 Å². The zero-order chi connectivity index (χ0) is 17.7. The molecular formula is C21H32N2O2. The molecule has 4 heteroatoms. The van der Waals surface area contributed by atoms with Crippen molar-refractivity contribution in [3.8, 4) is 0 Å². The Bertz CT molecular complexity index is 579.